The van der Waals surface area contributed by atoms with Gasteiger partial charge in [0.1, 0.15) is 5.76 Å². The maximum Gasteiger partial charge on any atom is 0.108 e. The van der Waals surface area contributed by atoms with Crippen LogP contribution in [0.2, 0.25) is 0 Å². The Bertz CT molecular complexity index is 489. The summed E-state index contributed by atoms with van der Waals surface area (Å²) in [5, 5.41) is 3.89. The minimum absolute atomic E-state index is 0.514. The molecule has 1 aromatic heterocycles. The molecular weight excluding hydrogens is 234 g/mol. The van der Waals surface area contributed by atoms with Crippen molar-refractivity contribution in [3.05, 3.63) is 35.8 Å². The fourth-order valence-electron chi connectivity index (χ4n) is 4.50. The van der Waals surface area contributed by atoms with E-state index in [2.05, 4.69) is 30.5 Å². The van der Waals surface area contributed by atoms with Crippen molar-refractivity contribution in [2.45, 2.75) is 51.1 Å². The Balaban J connectivity index is 1.46. The molecule has 3 aliphatic carbocycles. The Labute approximate surface area is 115 Å². The van der Waals surface area contributed by atoms with Gasteiger partial charge in [-0.1, -0.05) is 12.2 Å². The van der Waals surface area contributed by atoms with Crippen molar-refractivity contribution in [1.29, 1.82) is 0 Å². The number of allylic oxidation sites excluding steroid dienone is 2. The molecule has 1 N–H and O–H groups in total. The molecule has 19 heavy (non-hydrogen) atoms. The van der Waals surface area contributed by atoms with Crippen molar-refractivity contribution in [2.75, 3.05) is 0 Å². The summed E-state index contributed by atoms with van der Waals surface area (Å²) in [6.07, 6.45) is 13.2. The van der Waals surface area contributed by atoms with Crippen LogP contribution in [0.4, 0.5) is 0 Å². The van der Waals surface area contributed by atoms with E-state index in [1.54, 1.807) is 0 Å². The summed E-state index contributed by atoms with van der Waals surface area (Å²) in [4.78, 5) is 0. The van der Waals surface area contributed by atoms with E-state index in [1.165, 1.54) is 37.0 Å². The first-order chi connectivity index (χ1) is 9.31. The molecule has 4 rings (SSSR count). The monoisotopic (exact) mass is 257 g/mol. The number of hydrogen-bond donors (Lipinski definition) is 1. The average Bonchev–Trinajstić information content (AvgIpc) is 3.14. The zero-order valence-corrected chi connectivity index (χ0v) is 11.6. The van der Waals surface area contributed by atoms with Gasteiger partial charge in [0.15, 0.2) is 0 Å². The molecule has 0 spiro atoms. The molecule has 0 aromatic carbocycles. The van der Waals surface area contributed by atoms with Gasteiger partial charge < -0.3 is 9.73 Å². The molecule has 1 saturated carbocycles. The largest absolute Gasteiger partial charge is 0.469 e. The SMILES string of the molecule is CC(NC1CCCc2occc21)C1CC2C=CC1C2. The van der Waals surface area contributed by atoms with E-state index < -0.39 is 0 Å². The van der Waals surface area contributed by atoms with Crippen LogP contribution in [0.1, 0.15) is 50.0 Å². The zero-order chi connectivity index (χ0) is 12.8. The summed E-state index contributed by atoms with van der Waals surface area (Å²) in [5.41, 5.74) is 1.41. The second-order valence-corrected chi connectivity index (χ2v) is 6.64. The minimum atomic E-state index is 0.514. The Morgan fingerprint density at radius 1 is 1.32 bits per heavy atom. The molecule has 2 bridgehead atoms. The number of aryl methyl sites for hydroxylation is 1. The number of furan rings is 1. The quantitative estimate of drug-likeness (QED) is 0.832. The second kappa shape index (κ2) is 4.52. The lowest BCUT2D eigenvalue weighted by atomic mass is 9.85. The van der Waals surface area contributed by atoms with Gasteiger partial charge in [0.2, 0.25) is 0 Å². The Hall–Kier alpha value is -1.02. The van der Waals surface area contributed by atoms with Crippen LogP contribution in [0.15, 0.2) is 28.9 Å². The van der Waals surface area contributed by atoms with E-state index in [-0.39, 0.29) is 0 Å². The minimum Gasteiger partial charge on any atom is -0.469 e. The molecule has 2 nitrogen and oxygen atoms in total. The van der Waals surface area contributed by atoms with E-state index in [0.717, 1.165) is 24.2 Å². The van der Waals surface area contributed by atoms with E-state index in [4.69, 9.17) is 4.42 Å². The number of rotatable bonds is 3. The lowest BCUT2D eigenvalue weighted by Crippen LogP contribution is -2.39. The van der Waals surface area contributed by atoms with Crippen LogP contribution in [0.5, 0.6) is 0 Å². The van der Waals surface area contributed by atoms with Crippen molar-refractivity contribution in [2.24, 2.45) is 17.8 Å². The Kier molecular flexibility index (Phi) is 2.80. The van der Waals surface area contributed by atoms with Gasteiger partial charge in [-0.3, -0.25) is 0 Å². The molecule has 5 unspecified atom stereocenters. The summed E-state index contributed by atoms with van der Waals surface area (Å²) in [7, 11) is 0. The summed E-state index contributed by atoms with van der Waals surface area (Å²) in [6, 6.07) is 3.30. The number of nitrogens with one attached hydrogen (secondary N) is 1. The molecular formula is C17H23NO. The third kappa shape index (κ3) is 1.97. The smallest absolute Gasteiger partial charge is 0.108 e. The van der Waals surface area contributed by atoms with E-state index in [1.807, 2.05) is 6.26 Å². The van der Waals surface area contributed by atoms with Crippen LogP contribution in [-0.4, -0.2) is 6.04 Å². The van der Waals surface area contributed by atoms with E-state index in [9.17, 15) is 0 Å². The molecule has 0 radical (unpaired) electrons. The molecule has 0 aliphatic heterocycles. The maximum atomic E-state index is 5.59. The first kappa shape index (κ1) is 11.8. The molecule has 1 fully saturated rings. The summed E-state index contributed by atoms with van der Waals surface area (Å²) >= 11 is 0. The van der Waals surface area contributed by atoms with Gasteiger partial charge in [0.05, 0.1) is 6.26 Å². The van der Waals surface area contributed by atoms with Crippen LogP contribution in [0.3, 0.4) is 0 Å². The highest BCUT2D eigenvalue weighted by Gasteiger charge is 2.39. The molecule has 3 aliphatic rings. The molecule has 1 aromatic rings. The number of fused-ring (bicyclic) bond motifs is 3. The molecule has 0 saturated heterocycles. The lowest BCUT2D eigenvalue weighted by molar-refractivity contribution is 0.284. The summed E-state index contributed by atoms with van der Waals surface area (Å²) < 4.78 is 5.59. The summed E-state index contributed by atoms with van der Waals surface area (Å²) in [5.74, 6) is 3.76. The first-order valence-electron chi connectivity index (χ1n) is 7.82. The molecule has 0 amide bonds. The third-order valence-electron chi connectivity index (χ3n) is 5.49. The topological polar surface area (TPSA) is 25.2 Å². The highest BCUT2D eigenvalue weighted by Crippen LogP contribution is 2.45. The van der Waals surface area contributed by atoms with Crippen molar-refractivity contribution >= 4 is 0 Å². The predicted molar refractivity (Wildman–Crippen MR) is 75.8 cm³/mol. The van der Waals surface area contributed by atoms with Gasteiger partial charge in [-0.25, -0.2) is 0 Å². The fraction of sp³-hybridized carbons (Fsp3) is 0.647. The zero-order valence-electron chi connectivity index (χ0n) is 11.6. The number of hydrogen-bond acceptors (Lipinski definition) is 2. The van der Waals surface area contributed by atoms with Gasteiger partial charge in [-0.05, 0) is 56.4 Å². The van der Waals surface area contributed by atoms with Crippen LogP contribution < -0.4 is 5.32 Å². The van der Waals surface area contributed by atoms with Crippen molar-refractivity contribution in [3.8, 4) is 0 Å². The van der Waals surface area contributed by atoms with Crippen LogP contribution in [-0.2, 0) is 6.42 Å². The van der Waals surface area contributed by atoms with Crippen molar-refractivity contribution in [1.82, 2.24) is 5.32 Å². The van der Waals surface area contributed by atoms with E-state index in [0.29, 0.717) is 12.1 Å². The molecule has 2 heteroatoms. The lowest BCUT2D eigenvalue weighted by Gasteiger charge is -2.32. The summed E-state index contributed by atoms with van der Waals surface area (Å²) in [6.45, 7) is 2.38. The molecule has 1 heterocycles. The van der Waals surface area contributed by atoms with Gasteiger partial charge in [-0.2, -0.15) is 0 Å². The Morgan fingerprint density at radius 3 is 3.05 bits per heavy atom. The standard InChI is InChI=1S/C17H23NO/c1-11(15-10-12-5-6-13(15)9-12)18-16-3-2-4-17-14(16)7-8-19-17/h5-8,11-13,15-16,18H,2-4,9-10H2,1H3. The van der Waals surface area contributed by atoms with Crippen LogP contribution >= 0.6 is 0 Å². The maximum absolute atomic E-state index is 5.59. The second-order valence-electron chi connectivity index (χ2n) is 6.64. The van der Waals surface area contributed by atoms with Gasteiger partial charge >= 0.3 is 0 Å². The predicted octanol–water partition coefficient (Wildman–Crippen LogP) is 3.85. The fourth-order valence-corrected chi connectivity index (χ4v) is 4.50. The molecule has 5 atom stereocenters. The van der Waals surface area contributed by atoms with Crippen LogP contribution in [0, 0.1) is 17.8 Å². The van der Waals surface area contributed by atoms with Crippen molar-refractivity contribution in [3.63, 3.8) is 0 Å². The van der Waals surface area contributed by atoms with Gasteiger partial charge in [0, 0.05) is 24.1 Å². The molecule has 102 valence electrons. The Morgan fingerprint density at radius 2 is 2.26 bits per heavy atom. The highest BCUT2D eigenvalue weighted by atomic mass is 16.3. The van der Waals surface area contributed by atoms with Crippen molar-refractivity contribution < 1.29 is 4.42 Å². The average molecular weight is 257 g/mol. The first-order valence-corrected chi connectivity index (χ1v) is 7.82. The van der Waals surface area contributed by atoms with E-state index >= 15 is 0 Å². The van der Waals surface area contributed by atoms with Gasteiger partial charge in [-0.15, -0.1) is 0 Å². The highest BCUT2D eigenvalue weighted by molar-refractivity contribution is 5.24. The van der Waals surface area contributed by atoms with Crippen LogP contribution in [0.25, 0.3) is 0 Å². The third-order valence-corrected chi connectivity index (χ3v) is 5.49. The normalized spacial score (nSPS) is 37.5. The van der Waals surface area contributed by atoms with Gasteiger partial charge in [0.25, 0.3) is 0 Å².